The molecule has 1 aliphatic carbocycles. The van der Waals surface area contributed by atoms with Gasteiger partial charge in [-0.05, 0) is 49.4 Å². The van der Waals surface area contributed by atoms with E-state index in [4.69, 9.17) is 9.47 Å². The summed E-state index contributed by atoms with van der Waals surface area (Å²) < 4.78 is 10.8. The minimum absolute atomic E-state index is 0.870. The molecule has 1 fully saturated rings. The molecule has 3 nitrogen and oxygen atoms in total. The molecule has 1 saturated carbocycles. The van der Waals surface area contributed by atoms with E-state index >= 15 is 0 Å². The van der Waals surface area contributed by atoms with Crippen LogP contribution < -0.4 is 10.1 Å². The van der Waals surface area contributed by atoms with Crippen LogP contribution in [-0.2, 0) is 11.3 Å². The summed E-state index contributed by atoms with van der Waals surface area (Å²) in [4.78, 5) is 0. The Morgan fingerprint density at radius 3 is 3.00 bits per heavy atom. The first kappa shape index (κ1) is 13.4. The number of benzene rings is 1. The second-order valence-electron chi connectivity index (χ2n) is 4.90. The van der Waals surface area contributed by atoms with E-state index in [9.17, 15) is 0 Å². The van der Waals surface area contributed by atoms with E-state index in [-0.39, 0.29) is 0 Å². The molecular weight excluding hydrogens is 226 g/mol. The Kier molecular flexibility index (Phi) is 5.49. The highest BCUT2D eigenvalue weighted by Crippen LogP contribution is 2.28. The van der Waals surface area contributed by atoms with Crippen LogP contribution in [0.5, 0.6) is 5.75 Å². The Balaban J connectivity index is 1.51. The number of nitrogens with one attached hydrogen (secondary N) is 1. The SMILES string of the molecule is COc1cccc(CNCCCOCC2CC2)c1. The van der Waals surface area contributed by atoms with Crippen molar-refractivity contribution < 1.29 is 9.47 Å². The van der Waals surface area contributed by atoms with E-state index in [1.807, 2.05) is 12.1 Å². The van der Waals surface area contributed by atoms with Gasteiger partial charge in [0.2, 0.25) is 0 Å². The topological polar surface area (TPSA) is 30.5 Å². The minimum Gasteiger partial charge on any atom is -0.497 e. The average molecular weight is 249 g/mol. The van der Waals surface area contributed by atoms with Crippen LogP contribution in [0.25, 0.3) is 0 Å². The van der Waals surface area contributed by atoms with Gasteiger partial charge in [-0.1, -0.05) is 12.1 Å². The Morgan fingerprint density at radius 2 is 2.22 bits per heavy atom. The van der Waals surface area contributed by atoms with Crippen LogP contribution in [0.4, 0.5) is 0 Å². The van der Waals surface area contributed by atoms with Crippen molar-refractivity contribution in [3.8, 4) is 5.75 Å². The molecular formula is C15H23NO2. The lowest BCUT2D eigenvalue weighted by Crippen LogP contribution is -2.16. The fraction of sp³-hybridized carbons (Fsp3) is 0.600. The second kappa shape index (κ2) is 7.39. The Morgan fingerprint density at radius 1 is 1.33 bits per heavy atom. The zero-order chi connectivity index (χ0) is 12.6. The summed E-state index contributed by atoms with van der Waals surface area (Å²) in [7, 11) is 1.70. The molecule has 18 heavy (non-hydrogen) atoms. The van der Waals surface area contributed by atoms with Crippen molar-refractivity contribution in [3.63, 3.8) is 0 Å². The molecule has 2 rings (SSSR count). The molecule has 0 atom stereocenters. The van der Waals surface area contributed by atoms with Gasteiger partial charge in [0.05, 0.1) is 7.11 Å². The molecule has 0 aliphatic heterocycles. The molecule has 0 bridgehead atoms. The van der Waals surface area contributed by atoms with Gasteiger partial charge in [0.15, 0.2) is 0 Å². The van der Waals surface area contributed by atoms with Gasteiger partial charge >= 0.3 is 0 Å². The summed E-state index contributed by atoms with van der Waals surface area (Å²) >= 11 is 0. The predicted molar refractivity (Wildman–Crippen MR) is 72.9 cm³/mol. The fourth-order valence-electron chi connectivity index (χ4n) is 1.85. The normalized spacial score (nSPS) is 14.7. The summed E-state index contributed by atoms with van der Waals surface area (Å²) in [6.07, 6.45) is 3.82. The molecule has 0 heterocycles. The molecule has 100 valence electrons. The zero-order valence-corrected chi connectivity index (χ0v) is 11.2. The molecule has 1 aromatic carbocycles. The van der Waals surface area contributed by atoms with Crippen LogP contribution in [0.1, 0.15) is 24.8 Å². The third kappa shape index (κ3) is 5.07. The van der Waals surface area contributed by atoms with Crippen LogP contribution in [0.15, 0.2) is 24.3 Å². The van der Waals surface area contributed by atoms with E-state index < -0.39 is 0 Å². The van der Waals surface area contributed by atoms with Gasteiger partial charge in [0.1, 0.15) is 5.75 Å². The lowest BCUT2D eigenvalue weighted by molar-refractivity contribution is 0.122. The zero-order valence-electron chi connectivity index (χ0n) is 11.2. The number of hydrogen-bond donors (Lipinski definition) is 1. The summed E-state index contributed by atoms with van der Waals surface area (Å²) in [5, 5.41) is 3.42. The molecule has 1 aliphatic rings. The van der Waals surface area contributed by atoms with Crippen molar-refractivity contribution in [3.05, 3.63) is 29.8 Å². The maximum absolute atomic E-state index is 5.59. The van der Waals surface area contributed by atoms with Gasteiger partial charge in [0.25, 0.3) is 0 Å². The Labute approximate surface area is 109 Å². The van der Waals surface area contributed by atoms with E-state index in [0.29, 0.717) is 0 Å². The highest BCUT2D eigenvalue weighted by Gasteiger charge is 2.20. The number of rotatable bonds is 9. The van der Waals surface area contributed by atoms with Gasteiger partial charge in [-0.25, -0.2) is 0 Å². The quantitative estimate of drug-likeness (QED) is 0.682. The van der Waals surface area contributed by atoms with Gasteiger partial charge in [-0.2, -0.15) is 0 Å². The van der Waals surface area contributed by atoms with Crippen LogP contribution in [0.2, 0.25) is 0 Å². The summed E-state index contributed by atoms with van der Waals surface area (Å²) in [6, 6.07) is 8.17. The van der Waals surface area contributed by atoms with Crippen molar-refractivity contribution in [1.82, 2.24) is 5.32 Å². The molecule has 0 saturated heterocycles. The van der Waals surface area contributed by atoms with Gasteiger partial charge in [0, 0.05) is 19.8 Å². The third-order valence-corrected chi connectivity index (χ3v) is 3.16. The molecule has 0 aromatic heterocycles. The maximum Gasteiger partial charge on any atom is 0.119 e. The molecule has 0 amide bonds. The first-order chi connectivity index (χ1) is 8.88. The van der Waals surface area contributed by atoms with Crippen molar-refractivity contribution in [2.45, 2.75) is 25.8 Å². The largest absolute Gasteiger partial charge is 0.497 e. The van der Waals surface area contributed by atoms with Gasteiger partial charge in [-0.15, -0.1) is 0 Å². The van der Waals surface area contributed by atoms with Gasteiger partial charge in [-0.3, -0.25) is 0 Å². The standard InChI is InChI=1S/C15H23NO2/c1-17-15-5-2-4-14(10-15)11-16-8-3-9-18-12-13-6-7-13/h2,4-5,10,13,16H,3,6-9,11-12H2,1H3. The number of hydrogen-bond acceptors (Lipinski definition) is 3. The van der Waals surface area contributed by atoms with Crippen LogP contribution >= 0.6 is 0 Å². The van der Waals surface area contributed by atoms with Crippen molar-refractivity contribution in [2.75, 3.05) is 26.9 Å². The average Bonchev–Trinajstić information content (AvgIpc) is 3.22. The Hall–Kier alpha value is -1.06. The molecule has 0 spiro atoms. The highest BCUT2D eigenvalue weighted by molar-refractivity contribution is 5.28. The van der Waals surface area contributed by atoms with E-state index in [2.05, 4.69) is 17.4 Å². The van der Waals surface area contributed by atoms with Crippen molar-refractivity contribution in [2.24, 2.45) is 5.92 Å². The minimum atomic E-state index is 0.870. The van der Waals surface area contributed by atoms with Crippen LogP contribution in [0.3, 0.4) is 0 Å². The van der Waals surface area contributed by atoms with Crippen molar-refractivity contribution >= 4 is 0 Å². The monoisotopic (exact) mass is 249 g/mol. The van der Waals surface area contributed by atoms with Crippen LogP contribution in [-0.4, -0.2) is 26.9 Å². The van der Waals surface area contributed by atoms with E-state index in [1.165, 1.54) is 18.4 Å². The molecule has 1 N–H and O–H groups in total. The summed E-state index contributed by atoms with van der Waals surface area (Å²) in [5.74, 6) is 1.79. The number of ether oxygens (including phenoxy) is 2. The molecule has 3 heteroatoms. The first-order valence-corrected chi connectivity index (χ1v) is 6.80. The summed E-state index contributed by atoms with van der Waals surface area (Å²) in [5.41, 5.74) is 1.26. The maximum atomic E-state index is 5.59. The lowest BCUT2D eigenvalue weighted by Gasteiger charge is -2.07. The molecule has 0 radical (unpaired) electrons. The predicted octanol–water partition coefficient (Wildman–Crippen LogP) is 2.60. The molecule has 1 aromatic rings. The lowest BCUT2D eigenvalue weighted by atomic mass is 10.2. The van der Waals surface area contributed by atoms with Crippen molar-refractivity contribution in [1.29, 1.82) is 0 Å². The fourth-order valence-corrected chi connectivity index (χ4v) is 1.85. The van der Waals surface area contributed by atoms with Crippen LogP contribution in [0, 0.1) is 5.92 Å². The summed E-state index contributed by atoms with van der Waals surface area (Å²) in [6.45, 7) is 3.74. The third-order valence-electron chi connectivity index (χ3n) is 3.16. The first-order valence-electron chi connectivity index (χ1n) is 6.80. The van der Waals surface area contributed by atoms with Gasteiger partial charge < -0.3 is 14.8 Å². The Bertz CT molecular complexity index is 350. The smallest absolute Gasteiger partial charge is 0.119 e. The van der Waals surface area contributed by atoms with E-state index in [0.717, 1.165) is 44.4 Å². The highest BCUT2D eigenvalue weighted by atomic mass is 16.5. The number of methoxy groups -OCH3 is 1. The second-order valence-corrected chi connectivity index (χ2v) is 4.90. The van der Waals surface area contributed by atoms with E-state index in [1.54, 1.807) is 7.11 Å². The molecule has 0 unspecified atom stereocenters.